The molecule has 0 atom stereocenters. The third-order valence-electron chi connectivity index (χ3n) is 3.86. The van der Waals surface area contributed by atoms with E-state index in [9.17, 15) is 8.78 Å². The van der Waals surface area contributed by atoms with E-state index in [1.165, 1.54) is 18.2 Å². The van der Waals surface area contributed by atoms with E-state index in [0.29, 0.717) is 12.3 Å². The van der Waals surface area contributed by atoms with Gasteiger partial charge in [-0.25, -0.2) is 8.78 Å². The van der Waals surface area contributed by atoms with Crippen molar-refractivity contribution in [2.75, 3.05) is 0 Å². The smallest absolute Gasteiger partial charge is 0.129 e. The highest BCUT2D eigenvalue weighted by Gasteiger charge is 2.31. The van der Waals surface area contributed by atoms with E-state index in [4.69, 9.17) is 5.73 Å². The molecule has 0 heterocycles. The molecule has 94 valence electrons. The predicted molar refractivity (Wildman–Crippen MR) is 64.6 cm³/mol. The number of rotatable bonds is 2. The lowest BCUT2D eigenvalue weighted by Gasteiger charge is -2.36. The molecule has 3 heteroatoms. The number of nitrogens with two attached hydrogens (primary N) is 1. The Morgan fingerprint density at radius 3 is 2.29 bits per heavy atom. The fourth-order valence-electron chi connectivity index (χ4n) is 2.57. The average Bonchev–Trinajstić information content (AvgIpc) is 2.29. The van der Waals surface area contributed by atoms with Gasteiger partial charge in [-0.05, 0) is 50.2 Å². The summed E-state index contributed by atoms with van der Waals surface area (Å²) >= 11 is 0. The van der Waals surface area contributed by atoms with Crippen LogP contribution in [0.1, 0.15) is 38.2 Å². The van der Waals surface area contributed by atoms with Gasteiger partial charge in [0.15, 0.2) is 0 Å². The van der Waals surface area contributed by atoms with Gasteiger partial charge in [0.2, 0.25) is 0 Å². The van der Waals surface area contributed by atoms with Crippen LogP contribution in [0.15, 0.2) is 18.2 Å². The quantitative estimate of drug-likeness (QED) is 0.840. The van der Waals surface area contributed by atoms with E-state index < -0.39 is 17.2 Å². The SMILES string of the molecule is CC1CCC(N)(Cc2c(F)cccc2F)CC1. The maximum Gasteiger partial charge on any atom is 0.129 e. The fourth-order valence-corrected chi connectivity index (χ4v) is 2.57. The second-order valence-corrected chi connectivity index (χ2v) is 5.42. The van der Waals surface area contributed by atoms with E-state index >= 15 is 0 Å². The molecule has 1 aromatic rings. The molecule has 0 unspecified atom stereocenters. The monoisotopic (exact) mass is 239 g/mol. The minimum atomic E-state index is -0.478. The first-order valence-electron chi connectivity index (χ1n) is 6.22. The summed E-state index contributed by atoms with van der Waals surface area (Å²) in [6.07, 6.45) is 4.10. The molecule has 1 aliphatic rings. The first-order valence-corrected chi connectivity index (χ1v) is 6.22. The van der Waals surface area contributed by atoms with Gasteiger partial charge in [-0.15, -0.1) is 0 Å². The number of hydrogen-bond donors (Lipinski definition) is 1. The van der Waals surface area contributed by atoms with Gasteiger partial charge in [-0.2, -0.15) is 0 Å². The summed E-state index contributed by atoms with van der Waals surface area (Å²) < 4.78 is 27.1. The highest BCUT2D eigenvalue weighted by molar-refractivity contribution is 5.22. The molecule has 0 bridgehead atoms. The predicted octanol–water partition coefficient (Wildman–Crippen LogP) is 3.41. The largest absolute Gasteiger partial charge is 0.325 e. The maximum absolute atomic E-state index is 13.6. The molecule has 0 aliphatic heterocycles. The van der Waals surface area contributed by atoms with Crippen molar-refractivity contribution in [1.29, 1.82) is 0 Å². The number of hydrogen-bond acceptors (Lipinski definition) is 1. The Kier molecular flexibility index (Phi) is 3.48. The topological polar surface area (TPSA) is 26.0 Å². The van der Waals surface area contributed by atoms with Gasteiger partial charge in [0, 0.05) is 11.1 Å². The Labute approximate surface area is 101 Å². The van der Waals surface area contributed by atoms with Crippen molar-refractivity contribution in [1.82, 2.24) is 0 Å². The number of halogens is 2. The minimum absolute atomic E-state index is 0.143. The zero-order valence-corrected chi connectivity index (χ0v) is 10.2. The molecular weight excluding hydrogens is 220 g/mol. The van der Waals surface area contributed by atoms with E-state index in [1.54, 1.807) is 0 Å². The van der Waals surface area contributed by atoms with Crippen LogP contribution in [0.5, 0.6) is 0 Å². The molecule has 1 nitrogen and oxygen atoms in total. The lowest BCUT2D eigenvalue weighted by molar-refractivity contribution is 0.240. The standard InChI is InChI=1S/C14H19F2N/c1-10-5-7-14(17,8-6-10)9-11-12(15)3-2-4-13(11)16/h2-4,10H,5-9,17H2,1H3. The molecule has 0 radical (unpaired) electrons. The summed E-state index contributed by atoms with van der Waals surface area (Å²) in [7, 11) is 0. The normalized spacial score (nSPS) is 29.3. The van der Waals surface area contributed by atoms with E-state index in [1.807, 2.05) is 0 Å². The van der Waals surface area contributed by atoms with Crippen molar-refractivity contribution in [2.45, 2.75) is 44.6 Å². The second kappa shape index (κ2) is 4.73. The van der Waals surface area contributed by atoms with Gasteiger partial charge < -0.3 is 5.73 Å². The van der Waals surface area contributed by atoms with Crippen molar-refractivity contribution in [2.24, 2.45) is 11.7 Å². The lowest BCUT2D eigenvalue weighted by atomic mass is 9.74. The molecule has 0 saturated heterocycles. The third-order valence-corrected chi connectivity index (χ3v) is 3.86. The molecular formula is C14H19F2N. The molecule has 1 fully saturated rings. The van der Waals surface area contributed by atoms with Gasteiger partial charge in [0.1, 0.15) is 11.6 Å². The molecule has 2 rings (SSSR count). The van der Waals surface area contributed by atoms with Crippen LogP contribution in [-0.4, -0.2) is 5.54 Å². The number of benzene rings is 1. The van der Waals surface area contributed by atoms with Crippen molar-refractivity contribution < 1.29 is 8.78 Å². The molecule has 0 aromatic heterocycles. The third kappa shape index (κ3) is 2.83. The Bertz CT molecular complexity index is 375. The van der Waals surface area contributed by atoms with Crippen molar-refractivity contribution in [3.8, 4) is 0 Å². The molecule has 0 spiro atoms. The molecule has 1 aliphatic carbocycles. The molecule has 1 aromatic carbocycles. The van der Waals surface area contributed by atoms with Gasteiger partial charge >= 0.3 is 0 Å². The van der Waals surface area contributed by atoms with Gasteiger partial charge in [0.25, 0.3) is 0 Å². The van der Waals surface area contributed by atoms with Crippen LogP contribution in [0, 0.1) is 17.6 Å². The summed E-state index contributed by atoms with van der Waals surface area (Å²) in [4.78, 5) is 0. The molecule has 1 saturated carbocycles. The fraction of sp³-hybridized carbons (Fsp3) is 0.571. The van der Waals surface area contributed by atoms with Crippen molar-refractivity contribution >= 4 is 0 Å². The summed E-state index contributed by atoms with van der Waals surface area (Å²) in [6.45, 7) is 2.20. The summed E-state index contributed by atoms with van der Waals surface area (Å²) in [5, 5.41) is 0. The molecule has 2 N–H and O–H groups in total. The van der Waals surface area contributed by atoms with E-state index in [2.05, 4.69) is 6.92 Å². The second-order valence-electron chi connectivity index (χ2n) is 5.42. The van der Waals surface area contributed by atoms with E-state index in [0.717, 1.165) is 25.7 Å². The molecule has 17 heavy (non-hydrogen) atoms. The first kappa shape index (κ1) is 12.5. The Morgan fingerprint density at radius 1 is 1.24 bits per heavy atom. The Balaban J connectivity index is 2.15. The minimum Gasteiger partial charge on any atom is -0.325 e. The van der Waals surface area contributed by atoms with Crippen LogP contribution in [0.25, 0.3) is 0 Å². The molecule has 0 amide bonds. The maximum atomic E-state index is 13.6. The van der Waals surface area contributed by atoms with Crippen LogP contribution in [0.2, 0.25) is 0 Å². The first-order chi connectivity index (χ1) is 8.00. The van der Waals surface area contributed by atoms with Gasteiger partial charge in [-0.1, -0.05) is 13.0 Å². The van der Waals surface area contributed by atoms with Crippen LogP contribution < -0.4 is 5.73 Å². The van der Waals surface area contributed by atoms with Crippen LogP contribution in [-0.2, 0) is 6.42 Å². The van der Waals surface area contributed by atoms with Crippen LogP contribution in [0.3, 0.4) is 0 Å². The Hall–Kier alpha value is -0.960. The van der Waals surface area contributed by atoms with Crippen molar-refractivity contribution in [3.63, 3.8) is 0 Å². The van der Waals surface area contributed by atoms with Gasteiger partial charge in [-0.3, -0.25) is 0 Å². The van der Waals surface area contributed by atoms with E-state index in [-0.39, 0.29) is 5.56 Å². The van der Waals surface area contributed by atoms with Crippen LogP contribution in [0.4, 0.5) is 8.78 Å². The summed E-state index contributed by atoms with van der Waals surface area (Å²) in [5.74, 6) is -0.279. The van der Waals surface area contributed by atoms with Crippen molar-refractivity contribution in [3.05, 3.63) is 35.4 Å². The highest BCUT2D eigenvalue weighted by Crippen LogP contribution is 2.33. The lowest BCUT2D eigenvalue weighted by Crippen LogP contribution is -2.45. The average molecular weight is 239 g/mol. The van der Waals surface area contributed by atoms with Gasteiger partial charge in [0.05, 0.1) is 0 Å². The summed E-state index contributed by atoms with van der Waals surface area (Å²) in [6, 6.07) is 3.99. The Morgan fingerprint density at radius 2 is 1.76 bits per heavy atom. The summed E-state index contributed by atoms with van der Waals surface area (Å²) in [5.41, 5.74) is 5.97. The zero-order chi connectivity index (χ0) is 12.5. The highest BCUT2D eigenvalue weighted by atomic mass is 19.1. The van der Waals surface area contributed by atoms with Crippen LogP contribution >= 0.6 is 0 Å². The zero-order valence-electron chi connectivity index (χ0n) is 10.2.